The van der Waals surface area contributed by atoms with Crippen molar-refractivity contribution >= 4 is 22.9 Å². The van der Waals surface area contributed by atoms with Crippen molar-refractivity contribution in [2.45, 2.75) is 20.3 Å². The van der Waals surface area contributed by atoms with Crippen molar-refractivity contribution in [2.75, 3.05) is 0 Å². The molecule has 108 valence electrons. The van der Waals surface area contributed by atoms with Crippen LogP contribution in [-0.4, -0.2) is 14.5 Å². The van der Waals surface area contributed by atoms with Crippen molar-refractivity contribution in [1.82, 2.24) is 14.5 Å². The number of rotatable bonds is 3. The van der Waals surface area contributed by atoms with Crippen LogP contribution in [0, 0.1) is 13.8 Å². The zero-order chi connectivity index (χ0) is 15.0. The van der Waals surface area contributed by atoms with Crippen molar-refractivity contribution in [3.8, 4) is 11.3 Å². The number of aryl methyl sites for hydroxylation is 2. The normalized spacial score (nSPS) is 11.0. The average molecular weight is 318 g/mol. The molecule has 0 aliphatic carbocycles. The van der Waals surface area contributed by atoms with Gasteiger partial charge in [0.15, 0.2) is 0 Å². The summed E-state index contributed by atoms with van der Waals surface area (Å²) >= 11 is 7.68. The molecule has 0 unspecified atom stereocenters. The molecular weight excluding hydrogens is 302 g/mol. The Balaban J connectivity index is 1.90. The van der Waals surface area contributed by atoms with Crippen molar-refractivity contribution in [3.63, 3.8) is 0 Å². The molecule has 1 aromatic carbocycles. The fourth-order valence-corrected chi connectivity index (χ4v) is 3.19. The highest BCUT2D eigenvalue weighted by atomic mass is 35.5. The van der Waals surface area contributed by atoms with Crippen LogP contribution in [0.25, 0.3) is 11.3 Å². The van der Waals surface area contributed by atoms with Gasteiger partial charge < -0.3 is 4.57 Å². The summed E-state index contributed by atoms with van der Waals surface area (Å²) in [7, 11) is 1.92. The van der Waals surface area contributed by atoms with Gasteiger partial charge >= 0.3 is 0 Å². The predicted octanol–water partition coefficient (Wildman–Crippen LogP) is 4.40. The van der Waals surface area contributed by atoms with Crippen molar-refractivity contribution < 1.29 is 0 Å². The van der Waals surface area contributed by atoms with E-state index in [2.05, 4.69) is 42.4 Å². The van der Waals surface area contributed by atoms with Gasteiger partial charge in [-0.05, 0) is 25.5 Å². The first kappa shape index (κ1) is 14.3. The summed E-state index contributed by atoms with van der Waals surface area (Å²) in [4.78, 5) is 9.07. The molecule has 5 heteroatoms. The molecule has 21 heavy (non-hydrogen) atoms. The van der Waals surface area contributed by atoms with Crippen LogP contribution in [0.15, 0.2) is 29.8 Å². The third kappa shape index (κ3) is 2.87. The minimum Gasteiger partial charge on any atom is -0.322 e. The van der Waals surface area contributed by atoms with Crippen LogP contribution in [0.3, 0.4) is 0 Å². The molecule has 2 aromatic heterocycles. The highest BCUT2D eigenvalue weighted by Crippen LogP contribution is 2.27. The number of thiazole rings is 1. The number of hydrogen-bond donors (Lipinski definition) is 0. The number of halogens is 1. The number of benzene rings is 1. The van der Waals surface area contributed by atoms with E-state index in [-0.39, 0.29) is 0 Å². The molecule has 0 saturated carbocycles. The van der Waals surface area contributed by atoms with E-state index in [9.17, 15) is 0 Å². The molecular formula is C16H16ClN3S. The molecule has 0 bridgehead atoms. The fourth-order valence-electron chi connectivity index (χ4n) is 2.25. The molecule has 0 radical (unpaired) electrons. The Morgan fingerprint density at radius 3 is 2.81 bits per heavy atom. The summed E-state index contributed by atoms with van der Waals surface area (Å²) in [6.45, 7) is 4.22. The van der Waals surface area contributed by atoms with E-state index >= 15 is 0 Å². The van der Waals surface area contributed by atoms with Crippen molar-refractivity contribution in [3.05, 3.63) is 56.9 Å². The Kier molecular flexibility index (Phi) is 3.83. The third-order valence-electron chi connectivity index (χ3n) is 3.56. The minimum absolute atomic E-state index is 0.649. The van der Waals surface area contributed by atoms with Gasteiger partial charge in [0.05, 0.1) is 18.3 Å². The largest absolute Gasteiger partial charge is 0.322 e. The first-order valence-electron chi connectivity index (χ1n) is 6.72. The molecule has 3 aromatic rings. The minimum atomic E-state index is 0.649. The Bertz CT molecular complexity index is 789. The van der Waals surface area contributed by atoms with Crippen molar-refractivity contribution in [1.29, 1.82) is 0 Å². The highest BCUT2D eigenvalue weighted by Gasteiger charge is 2.11. The average Bonchev–Trinajstić information content (AvgIpc) is 3.04. The lowest BCUT2D eigenvalue weighted by Crippen LogP contribution is -1.99. The predicted molar refractivity (Wildman–Crippen MR) is 88.0 cm³/mol. The van der Waals surface area contributed by atoms with Crippen LogP contribution in [0.5, 0.6) is 0 Å². The van der Waals surface area contributed by atoms with Crippen LogP contribution < -0.4 is 0 Å². The molecule has 0 amide bonds. The Morgan fingerprint density at radius 1 is 1.29 bits per heavy atom. The zero-order valence-corrected chi connectivity index (χ0v) is 13.8. The molecule has 0 spiro atoms. The van der Waals surface area contributed by atoms with E-state index in [1.807, 2.05) is 11.6 Å². The molecule has 3 rings (SSSR count). The first-order valence-corrected chi connectivity index (χ1v) is 7.98. The number of hydrogen-bond acceptors (Lipinski definition) is 3. The van der Waals surface area contributed by atoms with E-state index in [1.54, 1.807) is 17.5 Å². The van der Waals surface area contributed by atoms with E-state index < -0.39 is 0 Å². The Morgan fingerprint density at radius 2 is 2.10 bits per heavy atom. The van der Waals surface area contributed by atoms with Crippen LogP contribution in [0.2, 0.25) is 5.15 Å². The molecule has 0 atom stereocenters. The van der Waals surface area contributed by atoms with E-state index in [0.29, 0.717) is 11.6 Å². The lowest BCUT2D eigenvalue weighted by atomic mass is 10.0. The highest BCUT2D eigenvalue weighted by molar-refractivity contribution is 7.10. The summed E-state index contributed by atoms with van der Waals surface area (Å²) < 4.78 is 1.89. The molecule has 0 saturated heterocycles. The summed E-state index contributed by atoms with van der Waals surface area (Å²) in [6, 6.07) is 6.45. The summed E-state index contributed by atoms with van der Waals surface area (Å²) in [5, 5.41) is 3.81. The fraction of sp³-hybridized carbons (Fsp3) is 0.250. The second kappa shape index (κ2) is 5.62. The monoisotopic (exact) mass is 317 g/mol. The van der Waals surface area contributed by atoms with Gasteiger partial charge in [-0.25, -0.2) is 9.97 Å². The number of aromatic nitrogens is 3. The van der Waals surface area contributed by atoms with Gasteiger partial charge in [0, 0.05) is 18.0 Å². The zero-order valence-electron chi connectivity index (χ0n) is 12.2. The quantitative estimate of drug-likeness (QED) is 0.716. The molecule has 2 heterocycles. The maximum Gasteiger partial charge on any atom is 0.128 e. The second-order valence-corrected chi connectivity index (χ2v) is 6.51. The lowest BCUT2D eigenvalue weighted by Gasteiger charge is -2.04. The summed E-state index contributed by atoms with van der Waals surface area (Å²) in [6.07, 6.45) is 2.38. The Labute approximate surface area is 133 Å². The lowest BCUT2D eigenvalue weighted by molar-refractivity contribution is 0.820. The van der Waals surface area contributed by atoms with Gasteiger partial charge in [-0.2, -0.15) is 0 Å². The number of nitrogens with zero attached hydrogens (tertiary/aromatic N) is 3. The third-order valence-corrected chi connectivity index (χ3v) is 4.76. The van der Waals surface area contributed by atoms with Crippen LogP contribution >= 0.6 is 22.9 Å². The summed E-state index contributed by atoms with van der Waals surface area (Å²) in [5.41, 5.74) is 4.74. The Hall–Kier alpha value is -1.65. The molecule has 3 nitrogen and oxygen atoms in total. The van der Waals surface area contributed by atoms with Crippen LogP contribution in [0.1, 0.15) is 22.0 Å². The van der Waals surface area contributed by atoms with Gasteiger partial charge in [-0.1, -0.05) is 29.3 Å². The topological polar surface area (TPSA) is 30.7 Å². The maximum absolute atomic E-state index is 6.02. The molecule has 0 N–H and O–H groups in total. The van der Waals surface area contributed by atoms with Gasteiger partial charge in [-0.15, -0.1) is 11.3 Å². The van der Waals surface area contributed by atoms with Gasteiger partial charge in [0.25, 0.3) is 0 Å². The van der Waals surface area contributed by atoms with Crippen LogP contribution in [0.4, 0.5) is 0 Å². The van der Waals surface area contributed by atoms with Gasteiger partial charge in [-0.3, -0.25) is 0 Å². The van der Waals surface area contributed by atoms with E-state index in [0.717, 1.165) is 16.5 Å². The summed E-state index contributed by atoms with van der Waals surface area (Å²) in [5.74, 6) is 0.932. The van der Waals surface area contributed by atoms with Gasteiger partial charge in [0.2, 0.25) is 0 Å². The van der Waals surface area contributed by atoms with E-state index in [4.69, 9.17) is 16.6 Å². The van der Waals surface area contributed by atoms with Crippen molar-refractivity contribution in [2.24, 2.45) is 7.05 Å². The molecule has 0 aliphatic heterocycles. The SMILES string of the molecule is Cc1ccc(C)c(-c2csc(Cc3ncc(Cl)n3C)n2)c1. The standard InChI is InChI=1S/C16H16ClN3S/c1-10-4-5-11(2)12(6-10)13-9-21-16(19-13)7-15-18-8-14(17)20(15)3/h4-6,8-9H,7H2,1-3H3. The second-order valence-electron chi connectivity index (χ2n) is 5.18. The smallest absolute Gasteiger partial charge is 0.128 e. The number of imidazole rings is 1. The van der Waals surface area contributed by atoms with Crippen LogP contribution in [-0.2, 0) is 13.5 Å². The molecule has 0 fully saturated rings. The first-order chi connectivity index (χ1) is 10.0. The molecule has 0 aliphatic rings. The van der Waals surface area contributed by atoms with Gasteiger partial charge in [0.1, 0.15) is 16.0 Å². The van der Waals surface area contributed by atoms with E-state index in [1.165, 1.54) is 16.7 Å². The maximum atomic E-state index is 6.02.